The Bertz CT molecular complexity index is 933. The molecule has 2 saturated heterocycles. The molecule has 1 atom stereocenters. The first-order valence-corrected chi connectivity index (χ1v) is 12.0. The highest BCUT2D eigenvalue weighted by Crippen LogP contribution is 2.36. The minimum absolute atomic E-state index is 0.0964. The molecular weight excluding hydrogens is 437 g/mol. The first kappa shape index (κ1) is 22.9. The lowest BCUT2D eigenvalue weighted by molar-refractivity contribution is -0.137. The number of nitrogens with zero attached hydrogens (tertiary/aromatic N) is 3. The molecule has 2 fully saturated rings. The summed E-state index contributed by atoms with van der Waals surface area (Å²) < 4.78 is 40.3. The van der Waals surface area contributed by atoms with Gasteiger partial charge in [-0.2, -0.15) is 24.9 Å². The number of para-hydroxylation sites is 1. The summed E-state index contributed by atoms with van der Waals surface area (Å²) in [6, 6.07) is 10.1. The second-order valence-corrected chi connectivity index (χ2v) is 9.42. The Morgan fingerprint density at radius 2 is 1.91 bits per heavy atom. The monoisotopic (exact) mass is 464 g/mol. The van der Waals surface area contributed by atoms with Gasteiger partial charge in [0.15, 0.2) is 0 Å². The molecule has 2 aromatic rings. The van der Waals surface area contributed by atoms with Crippen molar-refractivity contribution in [3.63, 3.8) is 0 Å². The molecule has 5 nitrogen and oxygen atoms in total. The SMILES string of the molecule is O=C(Nc1ccccc1CN1CCSCC1)C1CCCN(c2ncccc2C(F)(F)F)C1. The number of rotatable bonds is 5. The summed E-state index contributed by atoms with van der Waals surface area (Å²) >= 11 is 1.95. The Kier molecular flexibility index (Phi) is 7.25. The van der Waals surface area contributed by atoms with Gasteiger partial charge in [0.2, 0.25) is 5.91 Å². The maximum atomic E-state index is 13.4. The largest absolute Gasteiger partial charge is 0.419 e. The molecule has 2 aliphatic rings. The summed E-state index contributed by atoms with van der Waals surface area (Å²) in [6.45, 7) is 3.49. The third-order valence-corrected chi connectivity index (χ3v) is 6.90. The number of halogens is 3. The summed E-state index contributed by atoms with van der Waals surface area (Å²) in [4.78, 5) is 21.0. The van der Waals surface area contributed by atoms with Crippen molar-refractivity contribution in [3.8, 4) is 0 Å². The van der Waals surface area contributed by atoms with Crippen molar-refractivity contribution >= 4 is 29.2 Å². The van der Waals surface area contributed by atoms with E-state index in [4.69, 9.17) is 0 Å². The normalized spacial score (nSPS) is 20.2. The molecule has 32 heavy (non-hydrogen) atoms. The number of hydrogen-bond acceptors (Lipinski definition) is 5. The molecule has 1 aromatic heterocycles. The van der Waals surface area contributed by atoms with E-state index < -0.39 is 17.7 Å². The summed E-state index contributed by atoms with van der Waals surface area (Å²) in [6.07, 6.45) is -1.84. The molecular formula is C23H27F3N4OS. The molecule has 0 aliphatic carbocycles. The van der Waals surface area contributed by atoms with Gasteiger partial charge in [0.25, 0.3) is 0 Å². The van der Waals surface area contributed by atoms with E-state index in [0.717, 1.165) is 48.5 Å². The lowest BCUT2D eigenvalue weighted by Gasteiger charge is -2.34. The molecule has 1 N–H and O–H groups in total. The number of anilines is 2. The highest BCUT2D eigenvalue weighted by molar-refractivity contribution is 7.99. The Morgan fingerprint density at radius 3 is 2.69 bits per heavy atom. The molecule has 3 heterocycles. The van der Waals surface area contributed by atoms with Crippen LogP contribution in [0.2, 0.25) is 0 Å². The number of aromatic nitrogens is 1. The minimum atomic E-state index is -4.48. The van der Waals surface area contributed by atoms with Gasteiger partial charge in [0.1, 0.15) is 5.82 Å². The first-order valence-electron chi connectivity index (χ1n) is 10.9. The van der Waals surface area contributed by atoms with Crippen LogP contribution < -0.4 is 10.2 Å². The molecule has 1 unspecified atom stereocenters. The number of amides is 1. The number of nitrogens with one attached hydrogen (secondary N) is 1. The second-order valence-electron chi connectivity index (χ2n) is 8.19. The minimum Gasteiger partial charge on any atom is -0.355 e. The number of thioether (sulfide) groups is 1. The van der Waals surface area contributed by atoms with Crippen molar-refractivity contribution in [1.82, 2.24) is 9.88 Å². The van der Waals surface area contributed by atoms with Crippen LogP contribution in [0.4, 0.5) is 24.7 Å². The molecule has 2 aliphatic heterocycles. The average Bonchev–Trinajstić information content (AvgIpc) is 2.80. The zero-order chi connectivity index (χ0) is 22.6. The summed E-state index contributed by atoms with van der Waals surface area (Å²) in [5, 5.41) is 3.05. The highest BCUT2D eigenvalue weighted by Gasteiger charge is 2.37. The van der Waals surface area contributed by atoms with E-state index >= 15 is 0 Å². The number of piperidine rings is 1. The van der Waals surface area contributed by atoms with Crippen LogP contribution in [-0.2, 0) is 17.5 Å². The summed E-state index contributed by atoms with van der Waals surface area (Å²) in [7, 11) is 0. The molecule has 4 rings (SSSR count). The predicted octanol–water partition coefficient (Wildman–Crippen LogP) is 4.50. The average molecular weight is 465 g/mol. The zero-order valence-electron chi connectivity index (χ0n) is 17.8. The Labute approximate surface area is 190 Å². The number of carbonyl (C=O) groups excluding carboxylic acids is 1. The maximum absolute atomic E-state index is 13.4. The van der Waals surface area contributed by atoms with Gasteiger partial charge in [-0.3, -0.25) is 9.69 Å². The lowest BCUT2D eigenvalue weighted by atomic mass is 9.96. The maximum Gasteiger partial charge on any atom is 0.419 e. The molecule has 0 radical (unpaired) electrons. The number of alkyl halides is 3. The van der Waals surface area contributed by atoms with Gasteiger partial charge in [-0.05, 0) is 36.6 Å². The smallest absolute Gasteiger partial charge is 0.355 e. The number of carbonyl (C=O) groups is 1. The first-order chi connectivity index (χ1) is 15.4. The van der Waals surface area contributed by atoms with Gasteiger partial charge in [0.05, 0.1) is 11.5 Å². The fourth-order valence-corrected chi connectivity index (χ4v) is 5.25. The van der Waals surface area contributed by atoms with Crippen LogP contribution in [0.15, 0.2) is 42.6 Å². The van der Waals surface area contributed by atoms with Crippen LogP contribution in [0.25, 0.3) is 0 Å². The molecule has 0 saturated carbocycles. The van der Waals surface area contributed by atoms with Gasteiger partial charge in [0, 0.05) is 56.1 Å². The van der Waals surface area contributed by atoms with Crippen molar-refractivity contribution in [2.75, 3.05) is 47.9 Å². The third kappa shape index (κ3) is 5.56. The van der Waals surface area contributed by atoms with E-state index in [9.17, 15) is 18.0 Å². The van der Waals surface area contributed by atoms with Gasteiger partial charge in [-0.15, -0.1) is 0 Å². The van der Waals surface area contributed by atoms with Crippen LogP contribution in [0.5, 0.6) is 0 Å². The fraction of sp³-hybridized carbons (Fsp3) is 0.478. The van der Waals surface area contributed by atoms with Crippen LogP contribution in [0, 0.1) is 5.92 Å². The quantitative estimate of drug-likeness (QED) is 0.706. The molecule has 172 valence electrons. The molecule has 9 heteroatoms. The van der Waals surface area contributed by atoms with Crippen molar-refractivity contribution in [3.05, 3.63) is 53.7 Å². The van der Waals surface area contributed by atoms with Gasteiger partial charge < -0.3 is 10.2 Å². The zero-order valence-corrected chi connectivity index (χ0v) is 18.6. The van der Waals surface area contributed by atoms with E-state index in [1.807, 2.05) is 36.0 Å². The molecule has 1 amide bonds. The Morgan fingerprint density at radius 1 is 1.12 bits per heavy atom. The van der Waals surface area contributed by atoms with Crippen LogP contribution in [-0.4, -0.2) is 53.5 Å². The van der Waals surface area contributed by atoms with Crippen molar-refractivity contribution in [2.45, 2.75) is 25.6 Å². The molecule has 1 aromatic carbocycles. The van der Waals surface area contributed by atoms with E-state index in [-0.39, 0.29) is 18.3 Å². The van der Waals surface area contributed by atoms with Gasteiger partial charge in [-0.1, -0.05) is 18.2 Å². The van der Waals surface area contributed by atoms with Crippen LogP contribution in [0.3, 0.4) is 0 Å². The Hall–Kier alpha value is -2.26. The molecule has 0 bridgehead atoms. The fourth-order valence-electron chi connectivity index (χ4n) is 4.27. The van der Waals surface area contributed by atoms with E-state index in [1.54, 1.807) is 4.90 Å². The number of hydrogen-bond donors (Lipinski definition) is 1. The van der Waals surface area contributed by atoms with E-state index in [2.05, 4.69) is 15.2 Å². The Balaban J connectivity index is 1.45. The molecule has 0 spiro atoms. The highest BCUT2D eigenvalue weighted by atomic mass is 32.2. The van der Waals surface area contributed by atoms with Crippen molar-refractivity contribution < 1.29 is 18.0 Å². The lowest BCUT2D eigenvalue weighted by Crippen LogP contribution is -2.42. The summed E-state index contributed by atoms with van der Waals surface area (Å²) in [5.74, 6) is 1.58. The van der Waals surface area contributed by atoms with Gasteiger partial charge >= 0.3 is 6.18 Å². The van der Waals surface area contributed by atoms with Crippen LogP contribution in [0.1, 0.15) is 24.0 Å². The predicted molar refractivity (Wildman–Crippen MR) is 122 cm³/mol. The summed E-state index contributed by atoms with van der Waals surface area (Å²) in [5.41, 5.74) is 1.08. The van der Waals surface area contributed by atoms with Crippen LogP contribution >= 0.6 is 11.8 Å². The third-order valence-electron chi connectivity index (χ3n) is 5.96. The standard InChI is InChI=1S/C23H27F3N4OS/c24-23(25,26)19-7-3-9-27-21(19)30-10-4-6-18(16-30)22(31)28-20-8-2-1-5-17(20)15-29-11-13-32-14-12-29/h1-3,5,7-9,18H,4,6,10-16H2,(H,28,31). The van der Waals surface area contributed by atoms with E-state index in [1.165, 1.54) is 12.3 Å². The second kappa shape index (κ2) is 10.1. The number of benzene rings is 1. The topological polar surface area (TPSA) is 48.5 Å². The van der Waals surface area contributed by atoms with Crippen molar-refractivity contribution in [2.24, 2.45) is 5.92 Å². The van der Waals surface area contributed by atoms with Gasteiger partial charge in [-0.25, -0.2) is 4.98 Å². The van der Waals surface area contributed by atoms with E-state index in [0.29, 0.717) is 19.4 Å². The number of pyridine rings is 1. The van der Waals surface area contributed by atoms with Crippen molar-refractivity contribution in [1.29, 1.82) is 0 Å².